The van der Waals surface area contributed by atoms with Crippen LogP contribution >= 0.6 is 0 Å². The summed E-state index contributed by atoms with van der Waals surface area (Å²) in [4.78, 5) is 29.1. The second kappa shape index (κ2) is 9.77. The average molecular weight is 487 g/mol. The molecule has 1 aromatic carbocycles. The zero-order valence-electron chi connectivity index (χ0n) is 20.8. The number of nitrogens with one attached hydrogen (secondary N) is 1. The van der Waals surface area contributed by atoms with Gasteiger partial charge in [0.2, 0.25) is 5.88 Å². The number of nitrogens with zero attached hydrogens (tertiary/aromatic N) is 4. The molecule has 1 fully saturated rings. The summed E-state index contributed by atoms with van der Waals surface area (Å²) in [5, 5.41) is 12.7. The first kappa shape index (κ1) is 24.8. The predicted octanol–water partition coefficient (Wildman–Crippen LogP) is 4.27. The zero-order chi connectivity index (χ0) is 25.9. The van der Waals surface area contributed by atoms with E-state index in [-0.39, 0.29) is 0 Å². The Morgan fingerprint density at radius 2 is 1.81 bits per heavy atom. The Balaban J connectivity index is 1.50. The fraction of sp³-hybridized carbons (Fsp3) is 0.296. The maximum absolute atomic E-state index is 11.6. The van der Waals surface area contributed by atoms with Crippen molar-refractivity contribution in [3.8, 4) is 17.0 Å². The number of carbonyl (C=O) groups is 1. The highest BCUT2D eigenvalue weighted by molar-refractivity contribution is 6.27. The Morgan fingerprint density at radius 1 is 1.11 bits per heavy atom. The number of hydrogen-bond acceptors (Lipinski definition) is 7. The lowest BCUT2D eigenvalue weighted by Crippen LogP contribution is -2.24. The quantitative estimate of drug-likeness (QED) is 0.333. The van der Waals surface area contributed by atoms with Crippen LogP contribution in [0.15, 0.2) is 66.2 Å². The summed E-state index contributed by atoms with van der Waals surface area (Å²) in [6, 6.07) is 11.4. The first-order chi connectivity index (χ1) is 17.1. The normalized spacial score (nSPS) is 15.3. The summed E-state index contributed by atoms with van der Waals surface area (Å²) in [5.74, 6) is 0.574. The van der Waals surface area contributed by atoms with E-state index in [1.807, 2.05) is 57.2 Å². The Bertz CT molecular complexity index is 1300. The number of hydrogen-bond donors (Lipinski definition) is 3. The van der Waals surface area contributed by atoms with Gasteiger partial charge in [0.1, 0.15) is 11.4 Å². The van der Waals surface area contributed by atoms with Gasteiger partial charge in [-0.1, -0.05) is 30.3 Å². The molecule has 1 saturated carbocycles. The van der Waals surface area contributed by atoms with Crippen molar-refractivity contribution in [2.75, 3.05) is 12.4 Å². The fourth-order valence-electron chi connectivity index (χ4n) is 3.88. The van der Waals surface area contributed by atoms with Crippen molar-refractivity contribution in [1.82, 2.24) is 15.0 Å². The van der Waals surface area contributed by atoms with Crippen molar-refractivity contribution in [3.63, 3.8) is 0 Å². The van der Waals surface area contributed by atoms with Crippen LogP contribution in [0.4, 0.5) is 5.82 Å². The van der Waals surface area contributed by atoms with E-state index in [2.05, 4.69) is 25.3 Å². The lowest BCUT2D eigenvalue weighted by molar-refractivity contribution is -0.140. The molecule has 4 N–H and O–H groups in total. The number of carboxylic acid groups (broad SMARTS) is 1. The number of rotatable bonds is 7. The van der Waals surface area contributed by atoms with Crippen molar-refractivity contribution in [3.05, 3.63) is 72.4 Å². The summed E-state index contributed by atoms with van der Waals surface area (Å²) in [5.41, 5.74) is 8.75. The third kappa shape index (κ3) is 5.35. The van der Waals surface area contributed by atoms with E-state index in [4.69, 9.17) is 10.5 Å². The number of anilines is 1. The molecule has 1 aliphatic carbocycles. The van der Waals surface area contributed by atoms with Gasteiger partial charge in [0.05, 0.1) is 29.1 Å². The molecule has 0 saturated heterocycles. The van der Waals surface area contributed by atoms with Gasteiger partial charge in [-0.3, -0.25) is 19.8 Å². The van der Waals surface area contributed by atoms with Crippen LogP contribution in [-0.4, -0.2) is 44.5 Å². The predicted molar refractivity (Wildman–Crippen MR) is 140 cm³/mol. The van der Waals surface area contributed by atoms with Crippen LogP contribution in [0.1, 0.15) is 44.9 Å². The van der Waals surface area contributed by atoms with E-state index in [0.29, 0.717) is 41.6 Å². The lowest BCUT2D eigenvalue weighted by atomic mass is 9.94. The number of aromatic nitrogens is 3. The molecule has 9 heteroatoms. The third-order valence-corrected chi connectivity index (χ3v) is 5.88. The van der Waals surface area contributed by atoms with Gasteiger partial charge in [0, 0.05) is 25.0 Å². The zero-order valence-corrected chi connectivity index (χ0v) is 20.8. The topological polar surface area (TPSA) is 136 Å². The molecule has 0 atom stereocenters. The van der Waals surface area contributed by atoms with Crippen LogP contribution in [0.25, 0.3) is 16.7 Å². The number of nitrogens with two attached hydrogens (primary N) is 1. The molecule has 0 spiro atoms. The Labute approximate surface area is 210 Å². The number of amidine groups is 1. The van der Waals surface area contributed by atoms with Gasteiger partial charge < -0.3 is 20.9 Å². The molecule has 3 aromatic rings. The van der Waals surface area contributed by atoms with E-state index >= 15 is 0 Å². The minimum absolute atomic E-state index is 0.394. The number of carboxylic acids is 1. The van der Waals surface area contributed by atoms with Gasteiger partial charge in [-0.15, -0.1) is 0 Å². The number of ether oxygens (including phenoxy) is 1. The van der Waals surface area contributed by atoms with Gasteiger partial charge in [0.15, 0.2) is 5.82 Å². The van der Waals surface area contributed by atoms with Crippen LogP contribution in [0, 0.1) is 0 Å². The highest BCUT2D eigenvalue weighted by atomic mass is 16.5. The summed E-state index contributed by atoms with van der Waals surface area (Å²) in [6.07, 6.45) is 7.68. The summed E-state index contributed by atoms with van der Waals surface area (Å²) in [7, 11) is 1.65. The van der Waals surface area contributed by atoms with E-state index < -0.39 is 17.0 Å². The Hall–Kier alpha value is -4.27. The first-order valence-electron chi connectivity index (χ1n) is 11.6. The molecule has 0 unspecified atom stereocenters. The number of pyridine rings is 1. The largest absolute Gasteiger partial charge is 0.481 e. The molecule has 9 nitrogen and oxygen atoms in total. The van der Waals surface area contributed by atoms with Crippen molar-refractivity contribution in [1.29, 1.82) is 0 Å². The molecule has 1 aliphatic rings. The van der Waals surface area contributed by atoms with Crippen LogP contribution in [0.5, 0.6) is 5.88 Å². The lowest BCUT2D eigenvalue weighted by Gasteiger charge is -2.20. The molecule has 0 radical (unpaired) electrons. The van der Waals surface area contributed by atoms with Crippen LogP contribution < -0.4 is 15.8 Å². The van der Waals surface area contributed by atoms with E-state index in [1.54, 1.807) is 25.6 Å². The monoisotopic (exact) mass is 486 g/mol. The highest BCUT2D eigenvalue weighted by Crippen LogP contribution is 2.48. The van der Waals surface area contributed by atoms with E-state index in [0.717, 1.165) is 16.7 Å². The summed E-state index contributed by atoms with van der Waals surface area (Å²) >= 11 is 0. The van der Waals surface area contributed by atoms with Gasteiger partial charge in [-0.2, -0.15) is 4.98 Å². The molecule has 36 heavy (non-hydrogen) atoms. The van der Waals surface area contributed by atoms with E-state index in [9.17, 15) is 9.90 Å². The van der Waals surface area contributed by atoms with Crippen LogP contribution in [0.3, 0.4) is 0 Å². The molecule has 0 aliphatic heterocycles. The number of aliphatic imine (C=N–C) groups is 1. The van der Waals surface area contributed by atoms with Crippen molar-refractivity contribution >= 4 is 23.2 Å². The van der Waals surface area contributed by atoms with Crippen molar-refractivity contribution in [2.45, 2.75) is 44.6 Å². The smallest absolute Gasteiger partial charge is 0.314 e. The second-order valence-electron chi connectivity index (χ2n) is 9.63. The van der Waals surface area contributed by atoms with Gasteiger partial charge in [0.25, 0.3) is 0 Å². The molecule has 2 aromatic heterocycles. The maximum atomic E-state index is 11.6. The van der Waals surface area contributed by atoms with Crippen LogP contribution in [0.2, 0.25) is 0 Å². The minimum atomic E-state index is -0.760. The van der Waals surface area contributed by atoms with Gasteiger partial charge in [-0.05, 0) is 50.8 Å². The van der Waals surface area contributed by atoms with Crippen molar-refractivity contribution < 1.29 is 14.6 Å². The molecule has 0 amide bonds. The molecule has 2 heterocycles. The maximum Gasteiger partial charge on any atom is 0.314 e. The first-order valence-corrected chi connectivity index (χ1v) is 11.6. The molecular weight excluding hydrogens is 456 g/mol. The number of benzene rings is 1. The fourth-order valence-corrected chi connectivity index (χ4v) is 3.88. The SMILES string of the molecule is CN=C(Nc1cncc(OC(C)(C)C)n1)C(=CN)c1ccc(-c2ccc(C3(C(=O)O)CC3)cc2)cn1. The van der Waals surface area contributed by atoms with Crippen molar-refractivity contribution in [2.24, 2.45) is 10.7 Å². The number of aliphatic carboxylic acids is 1. The Morgan fingerprint density at radius 3 is 2.33 bits per heavy atom. The average Bonchev–Trinajstić information content (AvgIpc) is 3.66. The highest BCUT2D eigenvalue weighted by Gasteiger charge is 2.51. The molecule has 186 valence electrons. The van der Waals surface area contributed by atoms with E-state index in [1.165, 1.54) is 6.20 Å². The molecule has 0 bridgehead atoms. The summed E-state index contributed by atoms with van der Waals surface area (Å²) in [6.45, 7) is 5.81. The van der Waals surface area contributed by atoms with Crippen LogP contribution in [-0.2, 0) is 10.2 Å². The molecule has 4 rings (SSSR count). The third-order valence-electron chi connectivity index (χ3n) is 5.88. The Kier molecular flexibility index (Phi) is 6.74. The molecular formula is C27H30N6O3. The van der Waals surface area contributed by atoms with Gasteiger partial charge >= 0.3 is 5.97 Å². The summed E-state index contributed by atoms with van der Waals surface area (Å²) < 4.78 is 5.79. The standard InChI is InChI=1S/C27H30N6O3/c1-26(2,3)36-23-16-30-15-22(32-23)33-24(29-4)20(13-28)21-10-7-18(14-31-21)17-5-8-19(9-6-17)27(11-12-27)25(34)35/h5-10,13-16H,11-12,28H2,1-4H3,(H,34,35)(H,29,32,33). The second-order valence-corrected chi connectivity index (χ2v) is 9.63. The minimum Gasteiger partial charge on any atom is -0.481 e. The van der Waals surface area contributed by atoms with Gasteiger partial charge in [-0.25, -0.2) is 0 Å².